The zero-order valence-electron chi connectivity index (χ0n) is 15.2. The molecule has 27 heavy (non-hydrogen) atoms. The lowest BCUT2D eigenvalue weighted by Gasteiger charge is -2.18. The number of carboxylic acid groups (broad SMARTS) is 1. The van der Waals surface area contributed by atoms with Crippen LogP contribution in [0.5, 0.6) is 17.2 Å². The smallest absolute Gasteiger partial charge is 0.335 e. The molecule has 1 aromatic heterocycles. The Morgan fingerprint density at radius 2 is 1.89 bits per heavy atom. The Morgan fingerprint density at radius 3 is 2.41 bits per heavy atom. The van der Waals surface area contributed by atoms with Gasteiger partial charge in [0.25, 0.3) is 0 Å². The molecule has 0 aliphatic heterocycles. The first-order valence-corrected chi connectivity index (χ1v) is 10.00. The fourth-order valence-corrected chi connectivity index (χ4v) is 2.78. The lowest BCUT2D eigenvalue weighted by atomic mass is 10.2. The van der Waals surface area contributed by atoms with E-state index in [-0.39, 0.29) is 28.2 Å². The van der Waals surface area contributed by atoms with E-state index in [1.807, 2.05) is 6.92 Å². The van der Waals surface area contributed by atoms with Crippen LogP contribution in [0.4, 0.5) is 0 Å². The number of pyridine rings is 1. The molecule has 2 rings (SSSR count). The molecular weight excluding hydrogens is 374 g/mol. The highest BCUT2D eigenvalue weighted by atomic mass is 32.2. The van der Waals surface area contributed by atoms with Crippen LogP contribution >= 0.6 is 0 Å². The van der Waals surface area contributed by atoms with E-state index < -0.39 is 15.8 Å². The van der Waals surface area contributed by atoms with E-state index in [0.717, 1.165) is 6.26 Å². The third-order valence-corrected chi connectivity index (χ3v) is 4.56. The molecule has 9 heteroatoms. The minimum Gasteiger partial charge on any atom is -0.488 e. The van der Waals surface area contributed by atoms with Crippen LogP contribution in [0, 0.1) is 0 Å². The molecule has 0 amide bonds. The van der Waals surface area contributed by atoms with Crippen LogP contribution in [-0.2, 0) is 14.6 Å². The number of hydrogen-bond donors (Lipinski definition) is 1. The van der Waals surface area contributed by atoms with Gasteiger partial charge in [0.1, 0.15) is 23.4 Å². The summed E-state index contributed by atoms with van der Waals surface area (Å²) in [5.41, 5.74) is -0.00418. The van der Waals surface area contributed by atoms with Crippen molar-refractivity contribution in [3.63, 3.8) is 0 Å². The Bertz CT molecular complexity index is 894. The number of methoxy groups -OCH3 is 1. The van der Waals surface area contributed by atoms with Crippen molar-refractivity contribution in [1.82, 2.24) is 4.98 Å². The number of aromatic carboxylic acids is 1. The van der Waals surface area contributed by atoms with Crippen LogP contribution in [0.1, 0.15) is 23.7 Å². The highest BCUT2D eigenvalue weighted by molar-refractivity contribution is 7.90. The molecule has 0 spiro atoms. The van der Waals surface area contributed by atoms with Crippen LogP contribution in [0.3, 0.4) is 0 Å². The zero-order valence-corrected chi connectivity index (χ0v) is 16.0. The van der Waals surface area contributed by atoms with Crippen LogP contribution < -0.4 is 9.47 Å². The fraction of sp³-hybridized carbons (Fsp3) is 0.333. The van der Waals surface area contributed by atoms with Crippen molar-refractivity contribution in [2.75, 3.05) is 20.0 Å². The molecule has 8 nitrogen and oxygen atoms in total. The minimum absolute atomic E-state index is 0.00418. The lowest BCUT2D eigenvalue weighted by Crippen LogP contribution is -2.21. The second-order valence-electron chi connectivity index (χ2n) is 5.81. The molecule has 0 bridgehead atoms. The summed E-state index contributed by atoms with van der Waals surface area (Å²) in [5, 5.41) is 9.23. The number of carbonyl (C=O) groups is 1. The third kappa shape index (κ3) is 5.93. The molecule has 1 heterocycles. The van der Waals surface area contributed by atoms with E-state index in [2.05, 4.69) is 4.98 Å². The van der Waals surface area contributed by atoms with Gasteiger partial charge in [0.05, 0.1) is 18.4 Å². The van der Waals surface area contributed by atoms with Crippen molar-refractivity contribution in [1.29, 1.82) is 0 Å². The van der Waals surface area contributed by atoms with E-state index >= 15 is 0 Å². The van der Waals surface area contributed by atoms with Gasteiger partial charge in [0, 0.05) is 19.4 Å². The standard InChI is InChI=1S/C18H21NO7S/c1-4-13(11-24-2)25-15-7-12(18(20)21)8-16(9-15)26-14-5-6-17(19-10-14)27(3,22)23/h5-10,13H,4,11H2,1-3H3,(H,20,21)/t13-/m0/s1. The van der Waals surface area contributed by atoms with Gasteiger partial charge in [-0.05, 0) is 30.7 Å². The molecular formula is C18H21NO7S. The number of carboxylic acids is 1. The third-order valence-electron chi connectivity index (χ3n) is 3.56. The van der Waals surface area contributed by atoms with E-state index in [4.69, 9.17) is 14.2 Å². The molecule has 1 aromatic carbocycles. The Labute approximate surface area is 157 Å². The maximum absolute atomic E-state index is 11.5. The number of nitrogens with zero attached hydrogens (tertiary/aromatic N) is 1. The Morgan fingerprint density at radius 1 is 1.19 bits per heavy atom. The average Bonchev–Trinajstić information content (AvgIpc) is 2.60. The van der Waals surface area contributed by atoms with Gasteiger partial charge in [-0.25, -0.2) is 18.2 Å². The zero-order chi connectivity index (χ0) is 20.0. The highest BCUT2D eigenvalue weighted by Crippen LogP contribution is 2.28. The molecule has 146 valence electrons. The average molecular weight is 395 g/mol. The molecule has 1 N–H and O–H groups in total. The SMILES string of the molecule is CC[C@@H](COC)Oc1cc(Oc2ccc(S(C)(=O)=O)nc2)cc(C(=O)O)c1. The normalized spacial score (nSPS) is 12.4. The summed E-state index contributed by atoms with van der Waals surface area (Å²) in [5.74, 6) is -0.309. The molecule has 0 radical (unpaired) electrons. The first-order chi connectivity index (χ1) is 12.7. The van der Waals surface area contributed by atoms with Crippen LogP contribution in [0.2, 0.25) is 0 Å². The van der Waals surface area contributed by atoms with Gasteiger partial charge < -0.3 is 19.3 Å². The fourth-order valence-electron chi connectivity index (χ4n) is 2.22. The lowest BCUT2D eigenvalue weighted by molar-refractivity contribution is 0.0690. The van der Waals surface area contributed by atoms with Crippen molar-refractivity contribution >= 4 is 15.8 Å². The van der Waals surface area contributed by atoms with Crippen LogP contribution in [0.25, 0.3) is 0 Å². The summed E-state index contributed by atoms with van der Waals surface area (Å²) in [7, 11) is -1.86. The van der Waals surface area contributed by atoms with Crippen molar-refractivity contribution in [3.05, 3.63) is 42.1 Å². The van der Waals surface area contributed by atoms with Crippen molar-refractivity contribution in [2.24, 2.45) is 0 Å². The minimum atomic E-state index is -3.42. The molecule has 0 aliphatic rings. The highest BCUT2D eigenvalue weighted by Gasteiger charge is 2.14. The van der Waals surface area contributed by atoms with E-state index in [1.165, 1.54) is 30.5 Å². The Hall–Kier alpha value is -2.65. The van der Waals surface area contributed by atoms with Crippen molar-refractivity contribution < 1.29 is 32.5 Å². The van der Waals surface area contributed by atoms with Crippen molar-refractivity contribution in [2.45, 2.75) is 24.5 Å². The topological polar surface area (TPSA) is 112 Å². The van der Waals surface area contributed by atoms with Gasteiger partial charge >= 0.3 is 5.97 Å². The number of hydrogen-bond acceptors (Lipinski definition) is 7. The number of rotatable bonds is 9. The predicted octanol–water partition coefficient (Wildman–Crippen LogP) is 2.78. The van der Waals surface area contributed by atoms with Gasteiger partial charge in [-0.15, -0.1) is 0 Å². The molecule has 0 saturated heterocycles. The Kier molecular flexibility index (Phi) is 6.75. The van der Waals surface area contributed by atoms with Gasteiger partial charge in [0.15, 0.2) is 14.9 Å². The quantitative estimate of drug-likeness (QED) is 0.690. The van der Waals surface area contributed by atoms with Crippen molar-refractivity contribution in [3.8, 4) is 17.2 Å². The summed E-state index contributed by atoms with van der Waals surface area (Å²) < 4.78 is 39.4. The second kappa shape index (κ2) is 8.83. The molecule has 1 atom stereocenters. The van der Waals surface area contributed by atoms with E-state index in [0.29, 0.717) is 18.8 Å². The molecule has 2 aromatic rings. The largest absolute Gasteiger partial charge is 0.488 e. The monoisotopic (exact) mass is 395 g/mol. The molecule has 0 fully saturated rings. The van der Waals surface area contributed by atoms with E-state index in [1.54, 1.807) is 13.2 Å². The van der Waals surface area contributed by atoms with E-state index in [9.17, 15) is 18.3 Å². The number of aromatic nitrogens is 1. The van der Waals surface area contributed by atoms with Crippen LogP contribution in [-0.4, -0.2) is 50.6 Å². The number of ether oxygens (including phenoxy) is 3. The van der Waals surface area contributed by atoms with Gasteiger partial charge in [-0.1, -0.05) is 6.92 Å². The van der Waals surface area contributed by atoms with Crippen LogP contribution in [0.15, 0.2) is 41.6 Å². The predicted molar refractivity (Wildman–Crippen MR) is 97.4 cm³/mol. The first kappa shape index (κ1) is 20.7. The number of benzene rings is 1. The number of sulfone groups is 1. The summed E-state index contributed by atoms with van der Waals surface area (Å²) in [6.45, 7) is 2.29. The summed E-state index contributed by atoms with van der Waals surface area (Å²) in [6.07, 6.45) is 2.75. The Balaban J connectivity index is 2.28. The summed E-state index contributed by atoms with van der Waals surface area (Å²) >= 11 is 0. The molecule has 0 unspecified atom stereocenters. The molecule has 0 aliphatic carbocycles. The first-order valence-electron chi connectivity index (χ1n) is 8.11. The van der Waals surface area contributed by atoms with Gasteiger partial charge in [-0.3, -0.25) is 0 Å². The van der Waals surface area contributed by atoms with Gasteiger partial charge in [0.2, 0.25) is 0 Å². The second-order valence-corrected chi connectivity index (χ2v) is 7.77. The summed E-state index contributed by atoms with van der Waals surface area (Å²) in [6, 6.07) is 7.05. The van der Waals surface area contributed by atoms with Gasteiger partial charge in [-0.2, -0.15) is 0 Å². The maximum Gasteiger partial charge on any atom is 0.335 e. The summed E-state index contributed by atoms with van der Waals surface area (Å²) in [4.78, 5) is 15.2. The molecule has 0 saturated carbocycles. The maximum atomic E-state index is 11.5.